The van der Waals surface area contributed by atoms with E-state index in [9.17, 15) is 9.59 Å². The minimum absolute atomic E-state index is 0.220. The minimum Gasteiger partial charge on any atom is -0.497 e. The van der Waals surface area contributed by atoms with E-state index in [1.165, 1.54) is 22.7 Å². The molecule has 33 heavy (non-hydrogen) atoms. The van der Waals surface area contributed by atoms with Crippen LogP contribution < -0.4 is 15.8 Å². The Labute approximate surface area is 199 Å². The first kappa shape index (κ1) is 22.8. The van der Waals surface area contributed by atoms with E-state index in [0.29, 0.717) is 37.3 Å². The maximum Gasteiger partial charge on any atom is 0.341 e. The number of hydrogen-bond acceptors (Lipinski definition) is 8. The standard InChI is InChI=1S/C24H23N3O4S2/c1-5-31-24(29)18-16(14-6-8-15(30-4)9-7-14)11-32-22(18)27-21(28)20-19(25)17-12(2)10-13(3)26-23(17)33-20/h6-11H,5,25H2,1-4H3,(H,27,28). The zero-order valence-corrected chi connectivity index (χ0v) is 20.3. The van der Waals surface area contributed by atoms with E-state index in [1.807, 2.05) is 49.6 Å². The predicted molar refractivity (Wildman–Crippen MR) is 134 cm³/mol. The Kier molecular flexibility index (Phi) is 6.35. The van der Waals surface area contributed by atoms with Crippen molar-refractivity contribution in [2.24, 2.45) is 0 Å². The number of methoxy groups -OCH3 is 1. The molecule has 0 aliphatic rings. The van der Waals surface area contributed by atoms with Crippen LogP contribution in [0.5, 0.6) is 5.75 Å². The first-order valence-electron chi connectivity index (χ1n) is 10.2. The summed E-state index contributed by atoms with van der Waals surface area (Å²) in [4.78, 5) is 31.6. The highest BCUT2D eigenvalue weighted by molar-refractivity contribution is 7.21. The Hall–Kier alpha value is -3.43. The highest BCUT2D eigenvalue weighted by atomic mass is 32.1. The lowest BCUT2D eigenvalue weighted by molar-refractivity contribution is 0.0529. The van der Waals surface area contributed by atoms with Gasteiger partial charge < -0.3 is 20.5 Å². The average molecular weight is 482 g/mol. The van der Waals surface area contributed by atoms with Gasteiger partial charge >= 0.3 is 5.97 Å². The Balaban J connectivity index is 1.73. The number of amides is 1. The number of pyridine rings is 1. The maximum absolute atomic E-state index is 13.2. The molecule has 1 aromatic carbocycles. The van der Waals surface area contributed by atoms with Crippen LogP contribution in [0.15, 0.2) is 35.7 Å². The van der Waals surface area contributed by atoms with Gasteiger partial charge in [-0.05, 0) is 50.1 Å². The molecule has 0 bridgehead atoms. The monoisotopic (exact) mass is 481 g/mol. The number of ether oxygens (including phenoxy) is 2. The second-order valence-corrected chi connectivity index (χ2v) is 9.24. The molecule has 1 amide bonds. The van der Waals surface area contributed by atoms with Crippen molar-refractivity contribution in [3.05, 3.63) is 57.4 Å². The topological polar surface area (TPSA) is 104 Å². The third-order valence-corrected chi connectivity index (χ3v) is 7.12. The molecular weight excluding hydrogens is 458 g/mol. The van der Waals surface area contributed by atoms with Gasteiger partial charge in [-0.25, -0.2) is 9.78 Å². The number of nitrogens with one attached hydrogen (secondary N) is 1. The summed E-state index contributed by atoms with van der Waals surface area (Å²) < 4.78 is 10.5. The molecule has 4 aromatic rings. The number of nitrogen functional groups attached to an aromatic ring is 1. The number of hydrogen-bond donors (Lipinski definition) is 2. The van der Waals surface area contributed by atoms with Crippen LogP contribution in [0.2, 0.25) is 0 Å². The number of rotatable bonds is 6. The summed E-state index contributed by atoms with van der Waals surface area (Å²) >= 11 is 2.50. The average Bonchev–Trinajstić information content (AvgIpc) is 3.35. The molecular formula is C24H23N3O4S2. The number of carbonyl (C=O) groups is 2. The van der Waals surface area contributed by atoms with Crippen LogP contribution in [0, 0.1) is 13.8 Å². The van der Waals surface area contributed by atoms with Gasteiger partial charge in [0.05, 0.1) is 19.4 Å². The van der Waals surface area contributed by atoms with E-state index in [-0.39, 0.29) is 12.5 Å². The molecule has 3 heterocycles. The van der Waals surface area contributed by atoms with E-state index in [0.717, 1.165) is 22.2 Å². The first-order valence-corrected chi connectivity index (χ1v) is 11.9. The summed E-state index contributed by atoms with van der Waals surface area (Å²) in [5.74, 6) is -0.182. The molecule has 7 nitrogen and oxygen atoms in total. The summed E-state index contributed by atoms with van der Waals surface area (Å²) in [7, 11) is 1.59. The number of thiophene rings is 2. The van der Waals surface area contributed by atoms with Crippen molar-refractivity contribution in [1.82, 2.24) is 4.98 Å². The predicted octanol–water partition coefficient (Wildman–Crippen LogP) is 5.66. The molecule has 0 fully saturated rings. The fourth-order valence-corrected chi connectivity index (χ4v) is 5.70. The zero-order valence-electron chi connectivity index (χ0n) is 18.6. The normalized spacial score (nSPS) is 10.9. The highest BCUT2D eigenvalue weighted by Gasteiger charge is 2.25. The highest BCUT2D eigenvalue weighted by Crippen LogP contribution is 2.39. The molecule has 0 aliphatic carbocycles. The van der Waals surface area contributed by atoms with Crippen molar-refractivity contribution in [3.63, 3.8) is 0 Å². The molecule has 9 heteroatoms. The van der Waals surface area contributed by atoms with Crippen molar-refractivity contribution >= 4 is 55.5 Å². The van der Waals surface area contributed by atoms with E-state index >= 15 is 0 Å². The number of aromatic nitrogens is 1. The van der Waals surface area contributed by atoms with Crippen LogP contribution in [0.3, 0.4) is 0 Å². The lowest BCUT2D eigenvalue weighted by atomic mass is 10.0. The second-order valence-electron chi connectivity index (χ2n) is 7.36. The summed E-state index contributed by atoms with van der Waals surface area (Å²) in [5.41, 5.74) is 10.3. The summed E-state index contributed by atoms with van der Waals surface area (Å²) in [6, 6.07) is 9.28. The Morgan fingerprint density at radius 2 is 1.91 bits per heavy atom. The van der Waals surface area contributed by atoms with Gasteiger partial charge in [-0.15, -0.1) is 22.7 Å². The molecule has 170 valence electrons. The molecule has 3 N–H and O–H groups in total. The SMILES string of the molecule is CCOC(=O)c1c(-c2ccc(OC)cc2)csc1NC(=O)c1sc2nc(C)cc(C)c2c1N. The Morgan fingerprint density at radius 1 is 1.18 bits per heavy atom. The van der Waals surface area contributed by atoms with Gasteiger partial charge in [0.15, 0.2) is 0 Å². The van der Waals surface area contributed by atoms with Crippen LogP contribution in [0.4, 0.5) is 10.7 Å². The van der Waals surface area contributed by atoms with Crippen LogP contribution in [-0.2, 0) is 4.74 Å². The third-order valence-electron chi connectivity index (χ3n) is 5.13. The van der Waals surface area contributed by atoms with Crippen molar-refractivity contribution in [2.75, 3.05) is 24.8 Å². The second kappa shape index (κ2) is 9.21. The van der Waals surface area contributed by atoms with Crippen molar-refractivity contribution in [1.29, 1.82) is 0 Å². The summed E-state index contributed by atoms with van der Waals surface area (Å²) in [6.45, 7) is 5.81. The lowest BCUT2D eigenvalue weighted by Crippen LogP contribution is -2.15. The number of aryl methyl sites for hydroxylation is 2. The molecule has 0 unspecified atom stereocenters. The smallest absolute Gasteiger partial charge is 0.341 e. The molecule has 0 radical (unpaired) electrons. The third kappa shape index (κ3) is 4.29. The Morgan fingerprint density at radius 3 is 2.58 bits per heavy atom. The van der Waals surface area contributed by atoms with Gasteiger partial charge in [0, 0.05) is 22.0 Å². The van der Waals surface area contributed by atoms with Gasteiger partial charge in [-0.3, -0.25) is 4.79 Å². The fourth-order valence-electron chi connectivity index (χ4n) is 3.64. The molecule has 3 aromatic heterocycles. The van der Waals surface area contributed by atoms with Crippen molar-refractivity contribution in [2.45, 2.75) is 20.8 Å². The Bertz CT molecular complexity index is 1360. The molecule has 0 atom stereocenters. The zero-order chi connectivity index (χ0) is 23.7. The van der Waals surface area contributed by atoms with Crippen molar-refractivity contribution in [3.8, 4) is 16.9 Å². The van der Waals surface area contributed by atoms with E-state index < -0.39 is 5.97 Å². The number of fused-ring (bicyclic) bond motifs is 1. The van der Waals surface area contributed by atoms with Gasteiger partial charge in [-0.2, -0.15) is 0 Å². The molecule has 0 saturated carbocycles. The molecule has 0 aliphatic heterocycles. The first-order chi connectivity index (χ1) is 15.8. The number of nitrogens with two attached hydrogens (primary N) is 1. The number of carbonyl (C=O) groups excluding carboxylic acids is 2. The van der Waals surface area contributed by atoms with Crippen molar-refractivity contribution < 1.29 is 19.1 Å². The minimum atomic E-state index is -0.502. The maximum atomic E-state index is 13.2. The molecule has 0 saturated heterocycles. The van der Waals surface area contributed by atoms with E-state index in [1.54, 1.807) is 14.0 Å². The van der Waals surface area contributed by atoms with Crippen LogP contribution in [0.1, 0.15) is 38.2 Å². The number of anilines is 2. The fraction of sp³-hybridized carbons (Fsp3) is 0.208. The van der Waals surface area contributed by atoms with Gasteiger partial charge in [0.1, 0.15) is 26.0 Å². The van der Waals surface area contributed by atoms with Crippen LogP contribution in [-0.4, -0.2) is 30.6 Å². The van der Waals surface area contributed by atoms with Crippen LogP contribution >= 0.6 is 22.7 Å². The summed E-state index contributed by atoms with van der Waals surface area (Å²) in [5, 5.41) is 5.89. The van der Waals surface area contributed by atoms with Gasteiger partial charge in [0.2, 0.25) is 0 Å². The van der Waals surface area contributed by atoms with Gasteiger partial charge in [-0.1, -0.05) is 12.1 Å². The van der Waals surface area contributed by atoms with E-state index in [2.05, 4.69) is 10.3 Å². The summed E-state index contributed by atoms with van der Waals surface area (Å²) in [6.07, 6.45) is 0. The number of esters is 1. The lowest BCUT2D eigenvalue weighted by Gasteiger charge is -2.09. The largest absolute Gasteiger partial charge is 0.497 e. The molecule has 0 spiro atoms. The molecule has 4 rings (SSSR count). The quantitative estimate of drug-likeness (QED) is 0.344. The van der Waals surface area contributed by atoms with Gasteiger partial charge in [0.25, 0.3) is 5.91 Å². The number of nitrogens with zero attached hydrogens (tertiary/aromatic N) is 1. The van der Waals surface area contributed by atoms with Crippen LogP contribution in [0.25, 0.3) is 21.3 Å². The number of benzene rings is 1. The van der Waals surface area contributed by atoms with E-state index in [4.69, 9.17) is 15.2 Å².